The number of anilines is 1. The van der Waals surface area contributed by atoms with E-state index in [-0.39, 0.29) is 11.7 Å². The van der Waals surface area contributed by atoms with Gasteiger partial charge in [0.15, 0.2) is 0 Å². The first-order valence-corrected chi connectivity index (χ1v) is 7.89. The Morgan fingerprint density at radius 3 is 2.67 bits per heavy atom. The van der Waals surface area contributed by atoms with Crippen molar-refractivity contribution in [2.45, 2.75) is 13.3 Å². The summed E-state index contributed by atoms with van der Waals surface area (Å²) in [6.45, 7) is 2.07. The molecule has 5 nitrogen and oxygen atoms in total. The number of carbonyl (C=O) groups excluding carboxylic acids is 1. The lowest BCUT2D eigenvalue weighted by atomic mass is 10.1. The number of benzene rings is 2. The predicted molar refractivity (Wildman–Crippen MR) is 94.5 cm³/mol. The van der Waals surface area contributed by atoms with E-state index in [1.54, 1.807) is 18.2 Å². The van der Waals surface area contributed by atoms with Crippen molar-refractivity contribution in [3.63, 3.8) is 0 Å². The second-order valence-corrected chi connectivity index (χ2v) is 5.77. The fourth-order valence-corrected chi connectivity index (χ4v) is 2.48. The average Bonchev–Trinajstić information content (AvgIpc) is 3.08. The molecule has 1 aromatic heterocycles. The van der Waals surface area contributed by atoms with Gasteiger partial charge in [0.2, 0.25) is 0 Å². The quantitative estimate of drug-likeness (QED) is 0.663. The molecule has 0 aliphatic rings. The molecule has 1 heterocycles. The molecule has 3 rings (SSSR count). The number of halogens is 1. The molecule has 0 unspecified atom stereocenters. The van der Waals surface area contributed by atoms with Crippen molar-refractivity contribution in [2.24, 2.45) is 0 Å². The Hall–Kier alpha value is -2.79. The number of aryl methyl sites for hydroxylation is 1. The molecular formula is C18H16ClN3O2. The van der Waals surface area contributed by atoms with E-state index in [1.807, 2.05) is 24.3 Å². The van der Waals surface area contributed by atoms with Gasteiger partial charge in [0, 0.05) is 16.3 Å². The fourth-order valence-electron chi connectivity index (χ4n) is 2.31. The minimum absolute atomic E-state index is 0.0491. The largest absolute Gasteiger partial charge is 0.507 e. The molecule has 0 aliphatic carbocycles. The van der Waals surface area contributed by atoms with Crippen LogP contribution in [0.2, 0.25) is 5.02 Å². The Balaban J connectivity index is 1.79. The van der Waals surface area contributed by atoms with Crippen LogP contribution in [0.1, 0.15) is 23.0 Å². The number of hydrogen-bond donors (Lipinski definition) is 3. The van der Waals surface area contributed by atoms with Gasteiger partial charge in [-0.05, 0) is 48.4 Å². The van der Waals surface area contributed by atoms with Crippen LogP contribution in [0, 0.1) is 0 Å². The van der Waals surface area contributed by atoms with E-state index in [2.05, 4.69) is 22.4 Å². The zero-order valence-corrected chi connectivity index (χ0v) is 13.8. The number of hydrogen-bond acceptors (Lipinski definition) is 3. The number of nitrogens with one attached hydrogen (secondary N) is 2. The Bertz CT molecular complexity index is 872. The molecule has 1 amide bonds. The summed E-state index contributed by atoms with van der Waals surface area (Å²) in [4.78, 5) is 12.3. The van der Waals surface area contributed by atoms with Gasteiger partial charge in [-0.1, -0.05) is 30.7 Å². The summed E-state index contributed by atoms with van der Waals surface area (Å²) in [5, 5.41) is 19.9. The van der Waals surface area contributed by atoms with Crippen LogP contribution < -0.4 is 5.32 Å². The zero-order chi connectivity index (χ0) is 17.1. The third-order valence-corrected chi connectivity index (χ3v) is 3.91. The van der Waals surface area contributed by atoms with Crippen LogP contribution in [0.5, 0.6) is 5.75 Å². The van der Waals surface area contributed by atoms with Crippen LogP contribution in [-0.4, -0.2) is 21.2 Å². The third kappa shape index (κ3) is 3.41. The molecule has 0 atom stereocenters. The highest BCUT2D eigenvalue weighted by Crippen LogP contribution is 2.30. The fraction of sp³-hybridized carbons (Fsp3) is 0.111. The summed E-state index contributed by atoms with van der Waals surface area (Å²) in [5.74, 6) is -0.257. The van der Waals surface area contributed by atoms with E-state index < -0.39 is 0 Å². The summed E-state index contributed by atoms with van der Waals surface area (Å²) in [6.07, 6.45) is 0.946. The molecule has 0 spiro atoms. The van der Waals surface area contributed by atoms with Crippen LogP contribution in [0.4, 0.5) is 5.69 Å². The Morgan fingerprint density at radius 1 is 1.21 bits per heavy atom. The van der Waals surface area contributed by atoms with E-state index in [9.17, 15) is 9.90 Å². The van der Waals surface area contributed by atoms with E-state index in [1.165, 1.54) is 11.6 Å². The number of phenolic OH excluding ortho intramolecular Hbond substituents is 1. The molecule has 0 saturated heterocycles. The number of H-pyrrole nitrogens is 1. The molecule has 122 valence electrons. The van der Waals surface area contributed by atoms with Crippen molar-refractivity contribution in [3.05, 3.63) is 64.8 Å². The molecule has 3 N–H and O–H groups in total. The molecule has 0 radical (unpaired) electrons. The monoisotopic (exact) mass is 341 g/mol. The Labute approximate surface area is 144 Å². The molecule has 0 bridgehead atoms. The van der Waals surface area contributed by atoms with Gasteiger partial charge in [0.1, 0.15) is 11.4 Å². The highest BCUT2D eigenvalue weighted by Gasteiger charge is 2.14. The van der Waals surface area contributed by atoms with Gasteiger partial charge in [0.05, 0.1) is 5.69 Å². The summed E-state index contributed by atoms with van der Waals surface area (Å²) in [7, 11) is 0. The second-order valence-electron chi connectivity index (χ2n) is 5.33. The summed E-state index contributed by atoms with van der Waals surface area (Å²) in [6, 6.07) is 13.9. The first-order valence-electron chi connectivity index (χ1n) is 7.51. The summed E-state index contributed by atoms with van der Waals surface area (Å²) < 4.78 is 0. The second kappa shape index (κ2) is 6.76. The SMILES string of the molecule is CCc1ccc(NC(=O)c2cc(-c3cc(Cl)ccc3O)n[nH]2)cc1. The van der Waals surface area contributed by atoms with Crippen molar-refractivity contribution in [2.75, 3.05) is 5.32 Å². The highest BCUT2D eigenvalue weighted by atomic mass is 35.5. The lowest BCUT2D eigenvalue weighted by Crippen LogP contribution is -2.12. The standard InChI is InChI=1S/C18H16ClN3O2/c1-2-11-3-6-13(7-4-11)20-18(24)16-10-15(21-22-16)14-9-12(19)5-8-17(14)23/h3-10,23H,2H2,1H3,(H,20,24)(H,21,22). The number of aromatic hydroxyl groups is 1. The van der Waals surface area contributed by atoms with E-state index >= 15 is 0 Å². The lowest BCUT2D eigenvalue weighted by Gasteiger charge is -2.04. The Kier molecular flexibility index (Phi) is 4.53. The number of phenols is 1. The molecular weight excluding hydrogens is 326 g/mol. The molecule has 2 aromatic carbocycles. The minimum atomic E-state index is -0.306. The van der Waals surface area contributed by atoms with Gasteiger partial charge >= 0.3 is 0 Å². The van der Waals surface area contributed by atoms with Crippen molar-refractivity contribution < 1.29 is 9.90 Å². The van der Waals surface area contributed by atoms with Gasteiger partial charge in [-0.3, -0.25) is 9.89 Å². The van der Waals surface area contributed by atoms with Crippen molar-refractivity contribution in [3.8, 4) is 17.0 Å². The summed E-state index contributed by atoms with van der Waals surface area (Å²) in [5.41, 5.74) is 3.11. The predicted octanol–water partition coefficient (Wildman–Crippen LogP) is 4.25. The maximum atomic E-state index is 12.3. The van der Waals surface area contributed by atoms with Gasteiger partial charge in [-0.15, -0.1) is 0 Å². The third-order valence-electron chi connectivity index (χ3n) is 3.68. The van der Waals surface area contributed by atoms with E-state index in [4.69, 9.17) is 11.6 Å². The van der Waals surface area contributed by atoms with Gasteiger partial charge in [-0.2, -0.15) is 5.10 Å². The summed E-state index contributed by atoms with van der Waals surface area (Å²) >= 11 is 5.94. The first kappa shape index (κ1) is 16.1. The Morgan fingerprint density at radius 2 is 1.96 bits per heavy atom. The zero-order valence-electron chi connectivity index (χ0n) is 13.0. The number of amides is 1. The molecule has 3 aromatic rings. The smallest absolute Gasteiger partial charge is 0.273 e. The average molecular weight is 342 g/mol. The maximum absolute atomic E-state index is 12.3. The van der Waals surface area contributed by atoms with Gasteiger partial charge < -0.3 is 10.4 Å². The number of carbonyl (C=O) groups is 1. The lowest BCUT2D eigenvalue weighted by molar-refractivity contribution is 0.102. The first-order chi connectivity index (χ1) is 11.6. The van der Waals surface area contributed by atoms with E-state index in [0.29, 0.717) is 27.7 Å². The molecule has 6 heteroatoms. The van der Waals surface area contributed by atoms with Crippen LogP contribution in [-0.2, 0) is 6.42 Å². The van der Waals surface area contributed by atoms with Crippen LogP contribution in [0.15, 0.2) is 48.5 Å². The van der Waals surface area contributed by atoms with Gasteiger partial charge in [0.25, 0.3) is 5.91 Å². The normalized spacial score (nSPS) is 10.6. The number of rotatable bonds is 4. The minimum Gasteiger partial charge on any atom is -0.507 e. The van der Waals surface area contributed by atoms with Crippen LogP contribution in [0.25, 0.3) is 11.3 Å². The maximum Gasteiger partial charge on any atom is 0.273 e. The topological polar surface area (TPSA) is 78.0 Å². The van der Waals surface area contributed by atoms with Crippen molar-refractivity contribution >= 4 is 23.2 Å². The van der Waals surface area contributed by atoms with Crippen LogP contribution >= 0.6 is 11.6 Å². The van der Waals surface area contributed by atoms with Gasteiger partial charge in [-0.25, -0.2) is 0 Å². The number of nitrogens with zero attached hydrogens (tertiary/aromatic N) is 1. The number of aromatic nitrogens is 2. The molecule has 0 fully saturated rings. The molecule has 0 saturated carbocycles. The van der Waals surface area contributed by atoms with E-state index in [0.717, 1.165) is 6.42 Å². The molecule has 24 heavy (non-hydrogen) atoms. The number of aromatic amines is 1. The molecule has 0 aliphatic heterocycles. The highest BCUT2D eigenvalue weighted by molar-refractivity contribution is 6.31. The van der Waals surface area contributed by atoms with Crippen molar-refractivity contribution in [1.29, 1.82) is 0 Å². The van der Waals surface area contributed by atoms with Crippen molar-refractivity contribution in [1.82, 2.24) is 10.2 Å². The van der Waals surface area contributed by atoms with Crippen LogP contribution in [0.3, 0.4) is 0 Å².